The number of carbonyl (C=O) groups is 2. The molecule has 92 valence electrons. The van der Waals surface area contributed by atoms with Gasteiger partial charge in [-0.1, -0.05) is 15.9 Å². The molecule has 0 bridgehead atoms. The summed E-state index contributed by atoms with van der Waals surface area (Å²) in [6.07, 6.45) is 0. The van der Waals surface area contributed by atoms with Gasteiger partial charge in [-0.05, 0) is 12.1 Å². The lowest BCUT2D eigenvalue weighted by Crippen LogP contribution is -2.11. The first kappa shape index (κ1) is 13.6. The SMILES string of the molecule is COC(=O)c1cc(F)c(CBr)c(C(=O)OC)c1. The summed E-state index contributed by atoms with van der Waals surface area (Å²) in [7, 11) is 2.36. The van der Waals surface area contributed by atoms with Crippen molar-refractivity contribution in [3.8, 4) is 0 Å². The Balaban J connectivity index is 3.38. The van der Waals surface area contributed by atoms with E-state index < -0.39 is 17.8 Å². The lowest BCUT2D eigenvalue weighted by Gasteiger charge is -2.08. The van der Waals surface area contributed by atoms with Crippen molar-refractivity contribution in [3.05, 3.63) is 34.6 Å². The van der Waals surface area contributed by atoms with Crippen LogP contribution in [-0.2, 0) is 14.8 Å². The molecule has 1 aromatic carbocycles. The molecule has 0 fully saturated rings. The third-order valence-corrected chi connectivity index (χ3v) is 2.72. The summed E-state index contributed by atoms with van der Waals surface area (Å²) in [4.78, 5) is 22.7. The van der Waals surface area contributed by atoms with E-state index in [1.165, 1.54) is 20.3 Å². The Labute approximate surface area is 106 Å². The Morgan fingerprint density at radius 1 is 1.24 bits per heavy atom. The maximum Gasteiger partial charge on any atom is 0.338 e. The van der Waals surface area contributed by atoms with Gasteiger partial charge in [0, 0.05) is 10.9 Å². The maximum absolute atomic E-state index is 13.7. The zero-order chi connectivity index (χ0) is 13.0. The molecule has 0 unspecified atom stereocenters. The normalized spacial score (nSPS) is 9.88. The summed E-state index contributed by atoms with van der Waals surface area (Å²) < 4.78 is 22.6. The van der Waals surface area contributed by atoms with Crippen LogP contribution in [0, 0.1) is 5.82 Å². The molecule has 0 amide bonds. The minimum Gasteiger partial charge on any atom is -0.465 e. The molecular weight excluding hydrogens is 295 g/mol. The molecule has 6 heteroatoms. The molecule has 0 aliphatic rings. The number of hydrogen-bond donors (Lipinski definition) is 0. The molecule has 0 atom stereocenters. The van der Waals surface area contributed by atoms with Gasteiger partial charge < -0.3 is 9.47 Å². The van der Waals surface area contributed by atoms with Crippen molar-refractivity contribution in [1.82, 2.24) is 0 Å². The van der Waals surface area contributed by atoms with Crippen molar-refractivity contribution in [1.29, 1.82) is 0 Å². The number of rotatable bonds is 3. The quantitative estimate of drug-likeness (QED) is 0.635. The average molecular weight is 305 g/mol. The van der Waals surface area contributed by atoms with Gasteiger partial charge in [-0.25, -0.2) is 14.0 Å². The molecule has 0 aliphatic heterocycles. The maximum atomic E-state index is 13.7. The van der Waals surface area contributed by atoms with Crippen molar-refractivity contribution < 1.29 is 23.5 Å². The van der Waals surface area contributed by atoms with Crippen LogP contribution < -0.4 is 0 Å². The monoisotopic (exact) mass is 304 g/mol. The second kappa shape index (κ2) is 5.77. The van der Waals surface area contributed by atoms with Crippen molar-refractivity contribution >= 4 is 27.9 Å². The summed E-state index contributed by atoms with van der Waals surface area (Å²) in [5, 5.41) is 0.144. The van der Waals surface area contributed by atoms with Crippen LogP contribution in [0.4, 0.5) is 4.39 Å². The third kappa shape index (κ3) is 2.82. The van der Waals surface area contributed by atoms with Crippen LogP contribution in [0.5, 0.6) is 0 Å². The van der Waals surface area contributed by atoms with Gasteiger partial charge in [-0.15, -0.1) is 0 Å². The fourth-order valence-electron chi connectivity index (χ4n) is 1.30. The Bertz CT molecular complexity index is 459. The molecule has 17 heavy (non-hydrogen) atoms. The molecule has 0 saturated heterocycles. The molecule has 0 spiro atoms. The minimum absolute atomic E-state index is 0.00442. The van der Waals surface area contributed by atoms with E-state index in [1.54, 1.807) is 0 Å². The summed E-state index contributed by atoms with van der Waals surface area (Å²) in [6, 6.07) is 2.27. The topological polar surface area (TPSA) is 52.6 Å². The van der Waals surface area contributed by atoms with Gasteiger partial charge in [0.05, 0.1) is 25.3 Å². The molecule has 1 aromatic rings. The molecule has 0 heterocycles. The highest BCUT2D eigenvalue weighted by Gasteiger charge is 2.19. The highest BCUT2D eigenvalue weighted by Crippen LogP contribution is 2.21. The Kier molecular flexibility index (Phi) is 4.62. The molecular formula is C11H10BrFO4. The Morgan fingerprint density at radius 2 is 1.82 bits per heavy atom. The Morgan fingerprint density at radius 3 is 2.29 bits per heavy atom. The summed E-state index contributed by atoms with van der Waals surface area (Å²) in [5.41, 5.74) is 0.115. The highest BCUT2D eigenvalue weighted by molar-refractivity contribution is 9.08. The first-order chi connectivity index (χ1) is 8.04. The van der Waals surface area contributed by atoms with Crippen molar-refractivity contribution in [2.45, 2.75) is 5.33 Å². The molecule has 0 aliphatic carbocycles. The minimum atomic E-state index is -0.713. The largest absolute Gasteiger partial charge is 0.465 e. The first-order valence-electron chi connectivity index (χ1n) is 4.60. The smallest absolute Gasteiger partial charge is 0.338 e. The van der Waals surface area contributed by atoms with E-state index in [4.69, 9.17) is 0 Å². The zero-order valence-electron chi connectivity index (χ0n) is 9.25. The fraction of sp³-hybridized carbons (Fsp3) is 0.273. The van der Waals surface area contributed by atoms with Gasteiger partial charge in [-0.3, -0.25) is 0 Å². The predicted molar refractivity (Wildman–Crippen MR) is 61.7 cm³/mol. The number of halogens is 2. The zero-order valence-corrected chi connectivity index (χ0v) is 10.8. The van der Waals surface area contributed by atoms with E-state index in [0.29, 0.717) is 0 Å². The molecule has 4 nitrogen and oxygen atoms in total. The van der Waals surface area contributed by atoms with Gasteiger partial charge in [0.15, 0.2) is 0 Å². The summed E-state index contributed by atoms with van der Waals surface area (Å²) >= 11 is 3.07. The number of alkyl halides is 1. The van der Waals surface area contributed by atoms with Gasteiger partial charge in [0.25, 0.3) is 0 Å². The second-order valence-corrected chi connectivity index (χ2v) is 3.66. The number of methoxy groups -OCH3 is 2. The van der Waals surface area contributed by atoms with Crippen LogP contribution >= 0.6 is 15.9 Å². The van der Waals surface area contributed by atoms with Crippen LogP contribution in [0.2, 0.25) is 0 Å². The van der Waals surface area contributed by atoms with Crippen molar-refractivity contribution in [2.75, 3.05) is 14.2 Å². The number of esters is 2. The number of benzene rings is 1. The molecule has 0 N–H and O–H groups in total. The van der Waals surface area contributed by atoms with Crippen LogP contribution in [0.25, 0.3) is 0 Å². The van der Waals surface area contributed by atoms with Gasteiger partial charge >= 0.3 is 11.9 Å². The van der Waals surface area contributed by atoms with E-state index in [-0.39, 0.29) is 22.0 Å². The van der Waals surface area contributed by atoms with Crippen LogP contribution in [0.15, 0.2) is 12.1 Å². The fourth-order valence-corrected chi connectivity index (χ4v) is 1.87. The lowest BCUT2D eigenvalue weighted by molar-refractivity contribution is 0.0597. The standard InChI is InChI=1S/C11H10BrFO4/c1-16-10(14)6-3-7(11(15)17-2)8(5-12)9(13)4-6/h3-4H,5H2,1-2H3. The molecule has 1 rings (SSSR count). The molecule has 0 aromatic heterocycles. The van der Waals surface area contributed by atoms with Crippen molar-refractivity contribution in [3.63, 3.8) is 0 Å². The number of ether oxygens (including phenoxy) is 2. The van der Waals surface area contributed by atoms with Gasteiger partial charge in [0.2, 0.25) is 0 Å². The number of hydrogen-bond acceptors (Lipinski definition) is 4. The van der Waals surface area contributed by atoms with E-state index in [9.17, 15) is 14.0 Å². The van der Waals surface area contributed by atoms with E-state index in [0.717, 1.165) is 6.07 Å². The summed E-state index contributed by atoms with van der Waals surface area (Å²) in [6.45, 7) is 0. The van der Waals surface area contributed by atoms with E-state index in [1.807, 2.05) is 0 Å². The second-order valence-electron chi connectivity index (χ2n) is 3.10. The van der Waals surface area contributed by atoms with Crippen LogP contribution in [-0.4, -0.2) is 26.2 Å². The summed E-state index contributed by atoms with van der Waals surface area (Å²) in [5.74, 6) is -2.08. The van der Waals surface area contributed by atoms with E-state index in [2.05, 4.69) is 25.4 Å². The molecule has 0 saturated carbocycles. The number of carbonyl (C=O) groups excluding carboxylic acids is 2. The van der Waals surface area contributed by atoms with E-state index >= 15 is 0 Å². The van der Waals surface area contributed by atoms with Gasteiger partial charge in [-0.2, -0.15) is 0 Å². The average Bonchev–Trinajstić information content (AvgIpc) is 2.35. The van der Waals surface area contributed by atoms with Gasteiger partial charge in [0.1, 0.15) is 5.82 Å². The van der Waals surface area contributed by atoms with Crippen molar-refractivity contribution in [2.24, 2.45) is 0 Å². The lowest BCUT2D eigenvalue weighted by atomic mass is 10.0. The molecule has 0 radical (unpaired) electrons. The third-order valence-electron chi connectivity index (χ3n) is 2.16. The highest BCUT2D eigenvalue weighted by atomic mass is 79.9. The first-order valence-corrected chi connectivity index (χ1v) is 5.72. The Hall–Kier alpha value is -1.43. The van der Waals surface area contributed by atoms with Crippen LogP contribution in [0.1, 0.15) is 26.3 Å². The predicted octanol–water partition coefficient (Wildman–Crippen LogP) is 2.29. The van der Waals surface area contributed by atoms with Crippen LogP contribution in [0.3, 0.4) is 0 Å².